The van der Waals surface area contributed by atoms with Crippen molar-refractivity contribution in [1.29, 1.82) is 0 Å². The van der Waals surface area contributed by atoms with Crippen LogP contribution in [-0.4, -0.2) is 35.4 Å². The van der Waals surface area contributed by atoms with E-state index < -0.39 is 29.6 Å². The van der Waals surface area contributed by atoms with Gasteiger partial charge in [-0.25, -0.2) is 0 Å². The lowest BCUT2D eigenvalue weighted by molar-refractivity contribution is -0.156. The normalized spacial score (nSPS) is 12.4. The van der Waals surface area contributed by atoms with Crippen molar-refractivity contribution < 1.29 is 24.2 Å². The first kappa shape index (κ1) is 12.8. The molecule has 0 saturated heterocycles. The van der Waals surface area contributed by atoms with Gasteiger partial charge in [-0.2, -0.15) is 0 Å². The highest BCUT2D eigenvalue weighted by atomic mass is 16.5. The number of Topliss-reactive ketones (excluding diaryl/α,β-unsaturated/α-hetero) is 2. The van der Waals surface area contributed by atoms with Crippen LogP contribution < -0.4 is 0 Å². The molecule has 0 aliphatic carbocycles. The monoisotopic (exact) mass is 202 g/mol. The third kappa shape index (κ3) is 4.13. The second-order valence-electron chi connectivity index (χ2n) is 3.13. The zero-order chi connectivity index (χ0) is 11.3. The Balaban J connectivity index is 4.31. The number of carbonyl (C=O) groups excluding carboxylic acids is 3. The highest BCUT2D eigenvalue weighted by molar-refractivity contribution is 6.15. The smallest absolute Gasteiger partial charge is 0.324 e. The van der Waals surface area contributed by atoms with Crippen LogP contribution in [0.5, 0.6) is 0 Å². The number of esters is 1. The summed E-state index contributed by atoms with van der Waals surface area (Å²) in [5, 5.41) is 8.81. The van der Waals surface area contributed by atoms with Crippen molar-refractivity contribution >= 4 is 17.5 Å². The van der Waals surface area contributed by atoms with E-state index in [0.29, 0.717) is 0 Å². The zero-order valence-electron chi connectivity index (χ0n) is 8.44. The van der Waals surface area contributed by atoms with Gasteiger partial charge in [0.2, 0.25) is 0 Å². The maximum atomic E-state index is 11.2. The summed E-state index contributed by atoms with van der Waals surface area (Å²) in [6.07, 6.45) is -0.807. The van der Waals surface area contributed by atoms with E-state index in [1.165, 1.54) is 6.92 Å². The molecule has 0 bridgehead atoms. The summed E-state index contributed by atoms with van der Waals surface area (Å²) < 4.78 is 4.56. The number of hydrogen-bond acceptors (Lipinski definition) is 5. The molecule has 0 saturated carbocycles. The van der Waals surface area contributed by atoms with E-state index in [1.54, 1.807) is 0 Å². The van der Waals surface area contributed by atoms with Gasteiger partial charge in [0, 0.05) is 0 Å². The van der Waals surface area contributed by atoms with Crippen LogP contribution in [0.4, 0.5) is 0 Å². The summed E-state index contributed by atoms with van der Waals surface area (Å²) >= 11 is 0. The number of rotatable bonds is 5. The molecule has 0 aliphatic rings. The molecule has 5 nitrogen and oxygen atoms in total. The highest BCUT2D eigenvalue weighted by Crippen LogP contribution is 2.03. The largest absolute Gasteiger partial charge is 0.462 e. The number of hydrogen-bond donors (Lipinski definition) is 1. The maximum Gasteiger partial charge on any atom is 0.324 e. The van der Waals surface area contributed by atoms with E-state index in [2.05, 4.69) is 4.74 Å². The van der Waals surface area contributed by atoms with Crippen molar-refractivity contribution in [2.75, 3.05) is 6.61 Å². The topological polar surface area (TPSA) is 80.7 Å². The van der Waals surface area contributed by atoms with Crippen molar-refractivity contribution in [3.63, 3.8) is 0 Å². The van der Waals surface area contributed by atoms with Gasteiger partial charge in [0.25, 0.3) is 0 Å². The standard InChI is InChI=1S/C9H14O5/c1-5(10)4-14-9(13)8(6(2)11)7(3)12/h5,8,10H,4H2,1-3H3. The Bertz CT molecular complexity index is 230. The molecule has 0 aromatic carbocycles. The summed E-state index contributed by atoms with van der Waals surface area (Å²) in [5.74, 6) is -3.35. The molecule has 0 aromatic heterocycles. The first-order chi connectivity index (χ1) is 6.36. The van der Waals surface area contributed by atoms with Gasteiger partial charge in [0.05, 0.1) is 6.10 Å². The maximum absolute atomic E-state index is 11.2. The first-order valence-electron chi connectivity index (χ1n) is 4.21. The minimum atomic E-state index is -1.35. The van der Waals surface area contributed by atoms with Gasteiger partial charge in [0.15, 0.2) is 17.5 Å². The Morgan fingerprint density at radius 1 is 1.21 bits per heavy atom. The molecule has 80 valence electrons. The average molecular weight is 202 g/mol. The van der Waals surface area contributed by atoms with Crippen LogP contribution in [0.25, 0.3) is 0 Å². The van der Waals surface area contributed by atoms with E-state index in [4.69, 9.17) is 5.11 Å². The molecule has 1 N–H and O–H groups in total. The van der Waals surface area contributed by atoms with Crippen LogP contribution in [0.15, 0.2) is 0 Å². The SMILES string of the molecule is CC(=O)C(C(C)=O)C(=O)OCC(C)O. The summed E-state index contributed by atoms with van der Waals surface area (Å²) in [7, 11) is 0. The molecule has 14 heavy (non-hydrogen) atoms. The van der Waals surface area contributed by atoms with Gasteiger partial charge in [-0.15, -0.1) is 0 Å². The summed E-state index contributed by atoms with van der Waals surface area (Å²) in [5.41, 5.74) is 0. The molecule has 0 spiro atoms. The van der Waals surface area contributed by atoms with E-state index in [-0.39, 0.29) is 6.61 Å². The zero-order valence-corrected chi connectivity index (χ0v) is 8.44. The second kappa shape index (κ2) is 5.49. The minimum Gasteiger partial charge on any atom is -0.462 e. The van der Waals surface area contributed by atoms with Gasteiger partial charge < -0.3 is 9.84 Å². The lowest BCUT2D eigenvalue weighted by atomic mass is 10.0. The average Bonchev–Trinajstić information content (AvgIpc) is 1.99. The lowest BCUT2D eigenvalue weighted by Crippen LogP contribution is -2.31. The van der Waals surface area contributed by atoms with Crippen molar-refractivity contribution in [2.24, 2.45) is 5.92 Å². The van der Waals surface area contributed by atoms with Gasteiger partial charge >= 0.3 is 5.97 Å². The molecule has 5 heteroatoms. The van der Waals surface area contributed by atoms with Gasteiger partial charge in [0.1, 0.15) is 6.61 Å². The molecule has 0 amide bonds. The highest BCUT2D eigenvalue weighted by Gasteiger charge is 2.29. The fourth-order valence-corrected chi connectivity index (χ4v) is 0.904. The fraction of sp³-hybridized carbons (Fsp3) is 0.667. The van der Waals surface area contributed by atoms with Crippen LogP contribution in [0.3, 0.4) is 0 Å². The predicted molar refractivity (Wildman–Crippen MR) is 47.5 cm³/mol. The van der Waals surface area contributed by atoms with Crippen molar-refractivity contribution in [3.8, 4) is 0 Å². The van der Waals surface area contributed by atoms with Crippen LogP contribution in [0.1, 0.15) is 20.8 Å². The van der Waals surface area contributed by atoms with Crippen molar-refractivity contribution in [1.82, 2.24) is 0 Å². The third-order valence-corrected chi connectivity index (χ3v) is 1.52. The quantitative estimate of drug-likeness (QED) is 0.489. The lowest BCUT2D eigenvalue weighted by Gasteiger charge is -2.11. The number of ether oxygens (including phenoxy) is 1. The molecule has 0 rings (SSSR count). The van der Waals surface area contributed by atoms with E-state index in [1.807, 2.05) is 0 Å². The molecule has 0 heterocycles. The number of aliphatic hydroxyl groups excluding tert-OH is 1. The Morgan fingerprint density at radius 3 is 1.93 bits per heavy atom. The van der Waals surface area contributed by atoms with Crippen molar-refractivity contribution in [3.05, 3.63) is 0 Å². The van der Waals surface area contributed by atoms with E-state index in [0.717, 1.165) is 13.8 Å². The number of ketones is 2. The van der Waals surface area contributed by atoms with Gasteiger partial charge in [-0.3, -0.25) is 14.4 Å². The molecule has 1 atom stereocenters. The third-order valence-electron chi connectivity index (χ3n) is 1.52. The number of aliphatic hydroxyl groups is 1. The van der Waals surface area contributed by atoms with Crippen LogP contribution in [0.2, 0.25) is 0 Å². The van der Waals surface area contributed by atoms with E-state index in [9.17, 15) is 14.4 Å². The molecule has 1 unspecified atom stereocenters. The Morgan fingerprint density at radius 2 is 1.64 bits per heavy atom. The van der Waals surface area contributed by atoms with Crippen LogP contribution >= 0.6 is 0 Å². The van der Waals surface area contributed by atoms with Gasteiger partial charge in [-0.05, 0) is 20.8 Å². The molecule has 0 fully saturated rings. The van der Waals surface area contributed by atoms with Crippen LogP contribution in [-0.2, 0) is 19.1 Å². The second-order valence-corrected chi connectivity index (χ2v) is 3.13. The minimum absolute atomic E-state index is 0.212. The Kier molecular flexibility index (Phi) is 5.01. The van der Waals surface area contributed by atoms with E-state index >= 15 is 0 Å². The Labute approximate surface area is 82.1 Å². The number of carbonyl (C=O) groups is 3. The molecule has 0 radical (unpaired) electrons. The predicted octanol–water partition coefficient (Wildman–Crippen LogP) is -0.295. The molecular weight excluding hydrogens is 188 g/mol. The molecular formula is C9H14O5. The van der Waals surface area contributed by atoms with Crippen molar-refractivity contribution in [2.45, 2.75) is 26.9 Å². The first-order valence-corrected chi connectivity index (χ1v) is 4.21. The fourth-order valence-electron chi connectivity index (χ4n) is 0.904. The Hall–Kier alpha value is -1.23. The summed E-state index contributed by atoms with van der Waals surface area (Å²) in [4.78, 5) is 32.9. The van der Waals surface area contributed by atoms with Crippen LogP contribution in [0, 0.1) is 5.92 Å². The van der Waals surface area contributed by atoms with Gasteiger partial charge in [-0.1, -0.05) is 0 Å². The summed E-state index contributed by atoms with van der Waals surface area (Å²) in [6, 6.07) is 0. The molecule has 0 aliphatic heterocycles. The molecule has 0 aromatic rings. The summed E-state index contributed by atoms with van der Waals surface area (Å²) in [6.45, 7) is 3.52.